The van der Waals surface area contributed by atoms with Crippen LogP contribution in [0, 0.1) is 5.92 Å². The number of hydrogen-bond acceptors (Lipinski definition) is 1. The molecule has 1 saturated carbocycles. The van der Waals surface area contributed by atoms with Crippen LogP contribution < -0.4 is 0 Å². The molecule has 0 radical (unpaired) electrons. The second-order valence-corrected chi connectivity index (χ2v) is 5.01. The van der Waals surface area contributed by atoms with E-state index in [2.05, 4.69) is 15.9 Å². The maximum Gasteiger partial charge on any atom is 0.314 e. The summed E-state index contributed by atoms with van der Waals surface area (Å²) in [5.74, 6) is -0.382. The summed E-state index contributed by atoms with van der Waals surface area (Å²) >= 11 is 3.35. The summed E-state index contributed by atoms with van der Waals surface area (Å²) in [6, 6.07) is 7.64. The first-order valence-corrected chi connectivity index (χ1v) is 5.90. The van der Waals surface area contributed by atoms with E-state index in [-0.39, 0.29) is 0 Å². The molecule has 3 heteroatoms. The van der Waals surface area contributed by atoms with E-state index in [9.17, 15) is 9.90 Å². The van der Waals surface area contributed by atoms with Gasteiger partial charge in [0.25, 0.3) is 0 Å². The monoisotopic (exact) mass is 268 g/mol. The van der Waals surface area contributed by atoms with Gasteiger partial charge in [-0.25, -0.2) is 0 Å². The van der Waals surface area contributed by atoms with Gasteiger partial charge in [-0.3, -0.25) is 4.79 Å². The summed E-state index contributed by atoms with van der Waals surface area (Å²) in [5, 5.41) is 9.32. The Balaban J connectivity index is 2.36. The van der Waals surface area contributed by atoms with Gasteiger partial charge in [-0.2, -0.15) is 0 Å². The minimum Gasteiger partial charge on any atom is -0.481 e. The molecule has 1 aromatic carbocycles. The fraction of sp³-hybridized carbons (Fsp3) is 0.417. The van der Waals surface area contributed by atoms with Gasteiger partial charge >= 0.3 is 5.97 Å². The molecule has 0 aromatic heterocycles. The predicted molar refractivity (Wildman–Crippen MR) is 61.9 cm³/mol. The second kappa shape index (κ2) is 3.63. The fourth-order valence-corrected chi connectivity index (χ4v) is 2.57. The van der Waals surface area contributed by atoms with Crippen LogP contribution in [-0.4, -0.2) is 11.1 Å². The molecule has 2 unspecified atom stereocenters. The van der Waals surface area contributed by atoms with Crippen molar-refractivity contribution < 1.29 is 9.90 Å². The van der Waals surface area contributed by atoms with Crippen LogP contribution >= 0.6 is 15.9 Å². The van der Waals surface area contributed by atoms with Crippen LogP contribution in [0.2, 0.25) is 0 Å². The van der Waals surface area contributed by atoms with Crippen molar-refractivity contribution in [1.82, 2.24) is 0 Å². The van der Waals surface area contributed by atoms with Crippen molar-refractivity contribution in [3.63, 3.8) is 0 Å². The number of hydrogen-bond donors (Lipinski definition) is 1. The molecule has 1 fully saturated rings. The Bertz CT molecular complexity index is 385. The van der Waals surface area contributed by atoms with Gasteiger partial charge in [-0.05, 0) is 30.0 Å². The number of aliphatic carboxylic acids is 1. The minimum atomic E-state index is -0.684. The maximum atomic E-state index is 11.3. The zero-order valence-corrected chi connectivity index (χ0v) is 10.1. The fourth-order valence-electron chi connectivity index (χ4n) is 2.31. The van der Waals surface area contributed by atoms with E-state index in [4.69, 9.17) is 0 Å². The molecule has 0 spiro atoms. The highest BCUT2D eigenvalue weighted by molar-refractivity contribution is 9.10. The lowest BCUT2D eigenvalue weighted by Gasteiger charge is -2.12. The highest BCUT2D eigenvalue weighted by atomic mass is 79.9. The van der Waals surface area contributed by atoms with E-state index in [0.717, 1.165) is 22.9 Å². The van der Waals surface area contributed by atoms with Gasteiger partial charge in [-0.15, -0.1) is 0 Å². The minimum absolute atomic E-state index is 0.302. The van der Waals surface area contributed by atoms with Crippen molar-refractivity contribution in [2.24, 2.45) is 5.92 Å². The molecule has 1 aliphatic carbocycles. The lowest BCUT2D eigenvalue weighted by Crippen LogP contribution is -2.22. The molecule has 0 saturated heterocycles. The number of rotatable bonds is 3. The Kier molecular flexibility index (Phi) is 2.59. The van der Waals surface area contributed by atoms with Crippen LogP contribution in [-0.2, 0) is 10.2 Å². The molecule has 0 heterocycles. The largest absolute Gasteiger partial charge is 0.481 e. The van der Waals surface area contributed by atoms with E-state index < -0.39 is 11.4 Å². The van der Waals surface area contributed by atoms with Crippen LogP contribution in [0.1, 0.15) is 25.3 Å². The normalized spacial score (nSPS) is 28.8. The average Bonchev–Trinajstić information content (AvgIpc) is 2.94. The molecule has 1 N–H and O–H groups in total. The first kappa shape index (κ1) is 10.7. The standard InChI is InChI=1S/C12H13BrO2/c1-2-8-7-12(8,11(14)15)9-3-5-10(13)6-4-9/h3-6,8H,2,7H2,1H3,(H,14,15). The highest BCUT2D eigenvalue weighted by Crippen LogP contribution is 2.56. The molecule has 0 aliphatic heterocycles. The maximum absolute atomic E-state index is 11.3. The van der Waals surface area contributed by atoms with Crippen molar-refractivity contribution in [2.75, 3.05) is 0 Å². The Morgan fingerprint density at radius 1 is 1.53 bits per heavy atom. The molecule has 2 atom stereocenters. The Hall–Kier alpha value is -0.830. The number of carboxylic acids is 1. The van der Waals surface area contributed by atoms with Gasteiger partial charge in [0.15, 0.2) is 0 Å². The summed E-state index contributed by atoms with van der Waals surface area (Å²) in [6.45, 7) is 2.05. The van der Waals surface area contributed by atoms with Crippen LogP contribution in [0.5, 0.6) is 0 Å². The summed E-state index contributed by atoms with van der Waals surface area (Å²) in [5.41, 5.74) is 0.333. The Morgan fingerprint density at radius 2 is 2.13 bits per heavy atom. The Labute approximate surface area is 97.4 Å². The Morgan fingerprint density at radius 3 is 2.53 bits per heavy atom. The summed E-state index contributed by atoms with van der Waals surface area (Å²) in [7, 11) is 0. The van der Waals surface area contributed by atoms with Crippen molar-refractivity contribution in [1.29, 1.82) is 0 Å². The van der Waals surface area contributed by atoms with Gasteiger partial charge in [0.2, 0.25) is 0 Å². The lowest BCUT2D eigenvalue weighted by molar-refractivity contribution is -0.140. The van der Waals surface area contributed by atoms with Crippen molar-refractivity contribution >= 4 is 21.9 Å². The first-order chi connectivity index (χ1) is 7.11. The second-order valence-electron chi connectivity index (χ2n) is 4.09. The number of carbonyl (C=O) groups is 1. The predicted octanol–water partition coefficient (Wildman–Crippen LogP) is 3.20. The molecule has 15 heavy (non-hydrogen) atoms. The quantitative estimate of drug-likeness (QED) is 0.914. The molecule has 80 valence electrons. The molecule has 1 aromatic rings. The average molecular weight is 269 g/mol. The van der Waals surface area contributed by atoms with Crippen molar-refractivity contribution in [3.05, 3.63) is 34.3 Å². The van der Waals surface area contributed by atoms with Crippen LogP contribution in [0.15, 0.2) is 28.7 Å². The smallest absolute Gasteiger partial charge is 0.314 e. The third-order valence-corrected chi connectivity index (χ3v) is 3.87. The van der Waals surface area contributed by atoms with Crippen LogP contribution in [0.25, 0.3) is 0 Å². The zero-order chi connectivity index (χ0) is 11.1. The van der Waals surface area contributed by atoms with Gasteiger partial charge < -0.3 is 5.11 Å². The zero-order valence-electron chi connectivity index (χ0n) is 8.53. The summed E-state index contributed by atoms with van der Waals surface area (Å²) < 4.78 is 0.987. The molecular formula is C12H13BrO2. The van der Waals surface area contributed by atoms with Gasteiger partial charge in [0.1, 0.15) is 0 Å². The van der Waals surface area contributed by atoms with E-state index in [1.54, 1.807) is 0 Å². The van der Waals surface area contributed by atoms with Gasteiger partial charge in [0.05, 0.1) is 5.41 Å². The van der Waals surface area contributed by atoms with E-state index in [1.165, 1.54) is 0 Å². The summed E-state index contributed by atoms with van der Waals surface area (Å²) in [4.78, 5) is 11.3. The lowest BCUT2D eigenvalue weighted by atomic mass is 9.93. The van der Waals surface area contributed by atoms with Crippen LogP contribution in [0.3, 0.4) is 0 Å². The SMILES string of the molecule is CCC1CC1(C(=O)O)c1ccc(Br)cc1. The molecule has 0 bridgehead atoms. The van der Waals surface area contributed by atoms with Crippen molar-refractivity contribution in [2.45, 2.75) is 25.2 Å². The number of halogens is 1. The van der Waals surface area contributed by atoms with Crippen molar-refractivity contribution in [3.8, 4) is 0 Å². The summed E-state index contributed by atoms with van der Waals surface area (Å²) in [6.07, 6.45) is 1.71. The highest BCUT2D eigenvalue weighted by Gasteiger charge is 2.60. The van der Waals surface area contributed by atoms with Gasteiger partial charge in [0, 0.05) is 4.47 Å². The molecule has 0 amide bonds. The van der Waals surface area contributed by atoms with Gasteiger partial charge in [-0.1, -0.05) is 41.4 Å². The molecular weight excluding hydrogens is 256 g/mol. The first-order valence-electron chi connectivity index (χ1n) is 5.10. The van der Waals surface area contributed by atoms with E-state index >= 15 is 0 Å². The third kappa shape index (κ3) is 1.59. The molecule has 2 nitrogen and oxygen atoms in total. The number of carboxylic acid groups (broad SMARTS) is 1. The van der Waals surface area contributed by atoms with Crippen LogP contribution in [0.4, 0.5) is 0 Å². The van der Waals surface area contributed by atoms with E-state index in [1.807, 2.05) is 31.2 Å². The molecule has 2 rings (SSSR count). The number of benzene rings is 1. The molecule has 1 aliphatic rings. The van der Waals surface area contributed by atoms with E-state index in [0.29, 0.717) is 5.92 Å². The topological polar surface area (TPSA) is 37.3 Å². The third-order valence-electron chi connectivity index (χ3n) is 3.34.